The minimum atomic E-state index is 0.962. The van der Waals surface area contributed by atoms with E-state index in [2.05, 4.69) is 40.5 Å². The summed E-state index contributed by atoms with van der Waals surface area (Å²) in [6.07, 6.45) is 4.21. The van der Waals surface area contributed by atoms with Gasteiger partial charge in [0.05, 0.1) is 0 Å². The molecule has 2 heterocycles. The quantitative estimate of drug-likeness (QED) is 0.879. The Labute approximate surface area is 110 Å². The molecule has 2 aliphatic heterocycles. The number of hydrogen-bond acceptors (Lipinski definition) is 2. The standard InChI is InChI=1S/C16H24N2/c1-2-4-14(5-3-1)13-18-10-7-15(8-11-18)16-6-9-17-12-16/h1-5,15-17H,6-13H2. The lowest BCUT2D eigenvalue weighted by molar-refractivity contribution is 0.146. The maximum Gasteiger partial charge on any atom is 0.0233 e. The van der Waals surface area contributed by atoms with Crippen molar-refractivity contribution in [1.82, 2.24) is 10.2 Å². The van der Waals surface area contributed by atoms with E-state index in [1.54, 1.807) is 0 Å². The minimum absolute atomic E-state index is 0.962. The average molecular weight is 244 g/mol. The molecule has 2 nitrogen and oxygen atoms in total. The zero-order chi connectivity index (χ0) is 12.2. The Hall–Kier alpha value is -0.860. The van der Waals surface area contributed by atoms with Gasteiger partial charge in [-0.1, -0.05) is 30.3 Å². The van der Waals surface area contributed by atoms with E-state index in [0.29, 0.717) is 0 Å². The van der Waals surface area contributed by atoms with Gasteiger partial charge >= 0.3 is 0 Å². The first kappa shape index (κ1) is 12.2. The van der Waals surface area contributed by atoms with Crippen LogP contribution in [0.4, 0.5) is 0 Å². The van der Waals surface area contributed by atoms with Gasteiger partial charge in [-0.3, -0.25) is 4.90 Å². The summed E-state index contributed by atoms with van der Waals surface area (Å²) in [6.45, 7) is 6.22. The molecule has 1 aromatic rings. The molecule has 98 valence electrons. The lowest BCUT2D eigenvalue weighted by Gasteiger charge is -2.34. The van der Waals surface area contributed by atoms with Crippen LogP contribution in [0.2, 0.25) is 0 Å². The SMILES string of the molecule is c1ccc(CN2CCC(C3CCNC3)CC2)cc1. The normalized spacial score (nSPS) is 26.6. The van der Waals surface area contributed by atoms with Gasteiger partial charge in [0.15, 0.2) is 0 Å². The number of hydrogen-bond donors (Lipinski definition) is 1. The molecule has 18 heavy (non-hydrogen) atoms. The Bertz CT molecular complexity index is 349. The van der Waals surface area contributed by atoms with Crippen molar-refractivity contribution in [2.45, 2.75) is 25.8 Å². The van der Waals surface area contributed by atoms with Crippen LogP contribution in [0.25, 0.3) is 0 Å². The molecule has 0 radical (unpaired) electrons. The second-order valence-electron chi connectivity index (χ2n) is 5.85. The molecule has 3 rings (SSSR count). The monoisotopic (exact) mass is 244 g/mol. The van der Waals surface area contributed by atoms with Gasteiger partial charge in [0.25, 0.3) is 0 Å². The van der Waals surface area contributed by atoms with Gasteiger partial charge in [0.2, 0.25) is 0 Å². The third-order valence-electron chi connectivity index (χ3n) is 4.65. The molecule has 2 aliphatic rings. The highest BCUT2D eigenvalue weighted by atomic mass is 15.1. The van der Waals surface area contributed by atoms with Crippen LogP contribution in [0.1, 0.15) is 24.8 Å². The van der Waals surface area contributed by atoms with Crippen molar-refractivity contribution in [2.75, 3.05) is 26.2 Å². The van der Waals surface area contributed by atoms with E-state index in [4.69, 9.17) is 0 Å². The van der Waals surface area contributed by atoms with Crippen molar-refractivity contribution in [1.29, 1.82) is 0 Å². The first-order chi connectivity index (χ1) is 8.92. The lowest BCUT2D eigenvalue weighted by Crippen LogP contribution is -2.36. The van der Waals surface area contributed by atoms with Crippen LogP contribution in [0.15, 0.2) is 30.3 Å². The summed E-state index contributed by atoms with van der Waals surface area (Å²) < 4.78 is 0. The molecular weight excluding hydrogens is 220 g/mol. The van der Waals surface area contributed by atoms with Crippen LogP contribution in [0, 0.1) is 11.8 Å². The van der Waals surface area contributed by atoms with Crippen molar-refractivity contribution in [3.63, 3.8) is 0 Å². The fraction of sp³-hybridized carbons (Fsp3) is 0.625. The maximum atomic E-state index is 3.51. The third kappa shape index (κ3) is 2.93. The second kappa shape index (κ2) is 5.85. The van der Waals surface area contributed by atoms with Crippen molar-refractivity contribution >= 4 is 0 Å². The number of benzene rings is 1. The second-order valence-corrected chi connectivity index (χ2v) is 5.85. The first-order valence-electron chi connectivity index (χ1n) is 7.39. The lowest BCUT2D eigenvalue weighted by atomic mass is 9.84. The van der Waals surface area contributed by atoms with Crippen molar-refractivity contribution in [3.05, 3.63) is 35.9 Å². The van der Waals surface area contributed by atoms with Gasteiger partial charge in [-0.15, -0.1) is 0 Å². The molecule has 0 saturated carbocycles. The highest BCUT2D eigenvalue weighted by Crippen LogP contribution is 2.29. The largest absolute Gasteiger partial charge is 0.316 e. The van der Waals surface area contributed by atoms with Gasteiger partial charge < -0.3 is 5.32 Å². The van der Waals surface area contributed by atoms with E-state index >= 15 is 0 Å². The number of rotatable bonds is 3. The summed E-state index contributed by atoms with van der Waals surface area (Å²) >= 11 is 0. The molecule has 2 fully saturated rings. The fourth-order valence-corrected chi connectivity index (χ4v) is 3.50. The van der Waals surface area contributed by atoms with Crippen molar-refractivity contribution in [2.24, 2.45) is 11.8 Å². The molecule has 0 spiro atoms. The van der Waals surface area contributed by atoms with Crippen LogP contribution in [0.3, 0.4) is 0 Å². The highest BCUT2D eigenvalue weighted by Gasteiger charge is 2.28. The Morgan fingerprint density at radius 3 is 2.44 bits per heavy atom. The van der Waals surface area contributed by atoms with Crippen molar-refractivity contribution < 1.29 is 0 Å². The summed E-state index contributed by atoms with van der Waals surface area (Å²) in [6, 6.07) is 10.9. The van der Waals surface area contributed by atoms with Crippen LogP contribution >= 0.6 is 0 Å². The Morgan fingerprint density at radius 1 is 1.00 bits per heavy atom. The molecular formula is C16H24N2. The Morgan fingerprint density at radius 2 is 1.78 bits per heavy atom. The molecule has 1 unspecified atom stereocenters. The van der Waals surface area contributed by atoms with Gasteiger partial charge in [-0.25, -0.2) is 0 Å². The number of likely N-dealkylation sites (tertiary alicyclic amines) is 1. The minimum Gasteiger partial charge on any atom is -0.316 e. The Kier molecular flexibility index (Phi) is 3.96. The number of nitrogens with zero attached hydrogens (tertiary/aromatic N) is 1. The highest BCUT2D eigenvalue weighted by molar-refractivity contribution is 5.14. The molecule has 2 saturated heterocycles. The van der Waals surface area contributed by atoms with Gasteiger partial charge in [0.1, 0.15) is 0 Å². The topological polar surface area (TPSA) is 15.3 Å². The summed E-state index contributed by atoms with van der Waals surface area (Å²) in [7, 11) is 0. The summed E-state index contributed by atoms with van der Waals surface area (Å²) in [5.41, 5.74) is 1.46. The zero-order valence-electron chi connectivity index (χ0n) is 11.1. The van der Waals surface area contributed by atoms with E-state index < -0.39 is 0 Å². The predicted octanol–water partition coefficient (Wildman–Crippen LogP) is 2.51. The van der Waals surface area contributed by atoms with E-state index in [1.807, 2.05) is 0 Å². The molecule has 1 atom stereocenters. The van der Waals surface area contributed by atoms with Crippen molar-refractivity contribution in [3.8, 4) is 0 Å². The van der Waals surface area contributed by atoms with E-state index in [-0.39, 0.29) is 0 Å². The molecule has 0 aromatic heterocycles. The average Bonchev–Trinajstić information content (AvgIpc) is 2.95. The third-order valence-corrected chi connectivity index (χ3v) is 4.65. The predicted molar refractivity (Wildman–Crippen MR) is 75.4 cm³/mol. The molecule has 0 bridgehead atoms. The molecule has 0 aliphatic carbocycles. The molecule has 1 aromatic carbocycles. The van der Waals surface area contributed by atoms with Gasteiger partial charge in [-0.05, 0) is 62.8 Å². The van der Waals surface area contributed by atoms with Gasteiger partial charge in [-0.2, -0.15) is 0 Å². The van der Waals surface area contributed by atoms with Crippen LogP contribution in [0.5, 0.6) is 0 Å². The van der Waals surface area contributed by atoms with Crippen LogP contribution in [-0.4, -0.2) is 31.1 Å². The zero-order valence-corrected chi connectivity index (χ0v) is 11.1. The number of nitrogens with one attached hydrogen (secondary N) is 1. The van der Waals surface area contributed by atoms with Crippen LogP contribution in [-0.2, 0) is 6.54 Å². The van der Waals surface area contributed by atoms with E-state index in [0.717, 1.165) is 18.4 Å². The van der Waals surface area contributed by atoms with Gasteiger partial charge in [0, 0.05) is 6.54 Å². The summed E-state index contributed by atoms with van der Waals surface area (Å²) in [5, 5.41) is 3.51. The summed E-state index contributed by atoms with van der Waals surface area (Å²) in [4.78, 5) is 2.62. The van der Waals surface area contributed by atoms with Crippen LogP contribution < -0.4 is 5.32 Å². The van der Waals surface area contributed by atoms with E-state index in [1.165, 1.54) is 51.0 Å². The Balaban J connectivity index is 1.48. The maximum absolute atomic E-state index is 3.51. The fourth-order valence-electron chi connectivity index (χ4n) is 3.50. The smallest absolute Gasteiger partial charge is 0.0233 e. The molecule has 2 heteroatoms. The summed E-state index contributed by atoms with van der Waals surface area (Å²) in [5.74, 6) is 1.94. The molecule has 1 N–H and O–H groups in total. The first-order valence-corrected chi connectivity index (χ1v) is 7.39. The molecule has 0 amide bonds. The number of piperidine rings is 1. The van der Waals surface area contributed by atoms with E-state index in [9.17, 15) is 0 Å².